The zero-order valence-electron chi connectivity index (χ0n) is 12.0. The molecule has 0 aliphatic rings. The van der Waals surface area contributed by atoms with Crippen molar-refractivity contribution < 1.29 is 4.39 Å². The van der Waals surface area contributed by atoms with Crippen molar-refractivity contribution in [2.24, 2.45) is 0 Å². The number of nitrogens with zero attached hydrogens (tertiary/aromatic N) is 3. The van der Waals surface area contributed by atoms with Crippen LogP contribution in [0.5, 0.6) is 0 Å². The summed E-state index contributed by atoms with van der Waals surface area (Å²) in [5.41, 5.74) is 1.07. The maximum absolute atomic E-state index is 13.0. The molecule has 4 nitrogen and oxygen atoms in total. The molecule has 0 aliphatic carbocycles. The highest BCUT2D eigenvalue weighted by Crippen LogP contribution is 2.18. The summed E-state index contributed by atoms with van der Waals surface area (Å²) >= 11 is 0. The maximum atomic E-state index is 13.0. The molecule has 1 heterocycles. The molecule has 0 radical (unpaired) electrons. The first-order chi connectivity index (χ1) is 9.74. The van der Waals surface area contributed by atoms with Crippen molar-refractivity contribution in [3.8, 4) is 0 Å². The van der Waals surface area contributed by atoms with Gasteiger partial charge in [-0.05, 0) is 30.7 Å². The number of rotatable bonds is 7. The second-order valence-electron chi connectivity index (χ2n) is 4.77. The van der Waals surface area contributed by atoms with Crippen LogP contribution in [0.4, 0.5) is 4.39 Å². The highest BCUT2D eigenvalue weighted by atomic mass is 19.1. The van der Waals surface area contributed by atoms with Gasteiger partial charge in [0.25, 0.3) is 0 Å². The van der Waals surface area contributed by atoms with Crippen LogP contribution in [0.15, 0.2) is 30.6 Å². The topological polar surface area (TPSA) is 42.7 Å². The Labute approximate surface area is 119 Å². The van der Waals surface area contributed by atoms with Crippen LogP contribution in [0.2, 0.25) is 0 Å². The van der Waals surface area contributed by atoms with E-state index >= 15 is 0 Å². The second kappa shape index (κ2) is 7.14. The van der Waals surface area contributed by atoms with Gasteiger partial charge in [0.05, 0.1) is 0 Å². The fourth-order valence-corrected chi connectivity index (χ4v) is 2.28. The third kappa shape index (κ3) is 3.63. The van der Waals surface area contributed by atoms with Gasteiger partial charge in [-0.3, -0.25) is 4.68 Å². The van der Waals surface area contributed by atoms with Crippen molar-refractivity contribution in [1.29, 1.82) is 0 Å². The number of halogens is 1. The first-order valence-electron chi connectivity index (χ1n) is 7.10. The number of aromatic nitrogens is 3. The third-order valence-electron chi connectivity index (χ3n) is 3.24. The minimum absolute atomic E-state index is 0.125. The molecule has 1 N–H and O–H groups in total. The Morgan fingerprint density at radius 2 is 2.00 bits per heavy atom. The van der Waals surface area contributed by atoms with Gasteiger partial charge in [-0.25, -0.2) is 9.37 Å². The Morgan fingerprint density at radius 3 is 2.65 bits per heavy atom. The van der Waals surface area contributed by atoms with Crippen molar-refractivity contribution >= 4 is 0 Å². The Balaban J connectivity index is 2.16. The molecule has 1 unspecified atom stereocenters. The first-order valence-corrected chi connectivity index (χ1v) is 7.10. The predicted octanol–water partition coefficient (Wildman–Crippen LogP) is 2.72. The van der Waals surface area contributed by atoms with Crippen molar-refractivity contribution in [2.45, 2.75) is 39.3 Å². The zero-order chi connectivity index (χ0) is 14.4. The van der Waals surface area contributed by atoms with Crippen LogP contribution < -0.4 is 5.32 Å². The van der Waals surface area contributed by atoms with E-state index in [2.05, 4.69) is 29.2 Å². The van der Waals surface area contributed by atoms with Gasteiger partial charge in [-0.1, -0.05) is 26.0 Å². The van der Waals surface area contributed by atoms with E-state index in [4.69, 9.17) is 0 Å². The van der Waals surface area contributed by atoms with Gasteiger partial charge in [0, 0.05) is 19.0 Å². The van der Waals surface area contributed by atoms with E-state index in [-0.39, 0.29) is 11.9 Å². The van der Waals surface area contributed by atoms with Crippen molar-refractivity contribution in [3.63, 3.8) is 0 Å². The minimum Gasteiger partial charge on any atom is -0.310 e. The van der Waals surface area contributed by atoms with Crippen LogP contribution in [0.1, 0.15) is 37.7 Å². The lowest BCUT2D eigenvalue weighted by atomic mass is 10.0. The summed E-state index contributed by atoms with van der Waals surface area (Å²) in [5.74, 6) is 0.750. The molecule has 1 aromatic carbocycles. The molecule has 1 atom stereocenters. The van der Waals surface area contributed by atoms with Gasteiger partial charge in [0.2, 0.25) is 0 Å². The molecular weight excluding hydrogens is 255 g/mol. The number of nitrogens with one attached hydrogen (secondary N) is 1. The quantitative estimate of drug-likeness (QED) is 0.845. The summed E-state index contributed by atoms with van der Waals surface area (Å²) in [6.07, 6.45) is 3.37. The SMILES string of the molecule is CCCn1ncnc1CC(NCC)c1ccc(F)cc1. The van der Waals surface area contributed by atoms with Crippen LogP contribution in [0, 0.1) is 5.82 Å². The molecule has 0 saturated carbocycles. The fraction of sp³-hybridized carbons (Fsp3) is 0.467. The molecule has 1 aromatic heterocycles. The molecule has 2 rings (SSSR count). The average molecular weight is 276 g/mol. The van der Waals surface area contributed by atoms with Crippen molar-refractivity contribution in [3.05, 3.63) is 47.8 Å². The third-order valence-corrected chi connectivity index (χ3v) is 3.24. The van der Waals surface area contributed by atoms with Crippen LogP contribution in [0.3, 0.4) is 0 Å². The molecule has 0 bridgehead atoms. The number of aryl methyl sites for hydroxylation is 1. The van der Waals surface area contributed by atoms with Crippen LogP contribution in [-0.4, -0.2) is 21.3 Å². The van der Waals surface area contributed by atoms with E-state index in [1.54, 1.807) is 6.33 Å². The number of hydrogen-bond acceptors (Lipinski definition) is 3. The molecule has 0 aliphatic heterocycles. The van der Waals surface area contributed by atoms with Gasteiger partial charge in [0.15, 0.2) is 0 Å². The van der Waals surface area contributed by atoms with Gasteiger partial charge < -0.3 is 5.32 Å². The highest BCUT2D eigenvalue weighted by Gasteiger charge is 2.15. The molecule has 20 heavy (non-hydrogen) atoms. The molecule has 0 fully saturated rings. The minimum atomic E-state index is -0.210. The van der Waals surface area contributed by atoms with E-state index in [0.29, 0.717) is 0 Å². The molecule has 0 saturated heterocycles. The van der Waals surface area contributed by atoms with Crippen LogP contribution >= 0.6 is 0 Å². The molecular formula is C15H21FN4. The highest BCUT2D eigenvalue weighted by molar-refractivity contribution is 5.21. The molecule has 0 spiro atoms. The van der Waals surface area contributed by atoms with Gasteiger partial charge in [-0.2, -0.15) is 5.10 Å². The van der Waals surface area contributed by atoms with Gasteiger partial charge >= 0.3 is 0 Å². The van der Waals surface area contributed by atoms with E-state index in [9.17, 15) is 4.39 Å². The van der Waals surface area contributed by atoms with Gasteiger partial charge in [0.1, 0.15) is 18.0 Å². The number of hydrogen-bond donors (Lipinski definition) is 1. The van der Waals surface area contributed by atoms with E-state index < -0.39 is 0 Å². The van der Waals surface area contributed by atoms with Crippen molar-refractivity contribution in [1.82, 2.24) is 20.1 Å². The van der Waals surface area contributed by atoms with E-state index in [1.165, 1.54) is 12.1 Å². The fourth-order valence-electron chi connectivity index (χ4n) is 2.28. The van der Waals surface area contributed by atoms with Crippen molar-refractivity contribution in [2.75, 3.05) is 6.54 Å². The average Bonchev–Trinajstić information content (AvgIpc) is 2.87. The Hall–Kier alpha value is -1.75. The smallest absolute Gasteiger partial charge is 0.138 e. The number of likely N-dealkylation sites (N-methyl/N-ethyl adjacent to an activating group) is 1. The maximum Gasteiger partial charge on any atom is 0.138 e. The molecule has 108 valence electrons. The second-order valence-corrected chi connectivity index (χ2v) is 4.77. The normalized spacial score (nSPS) is 12.6. The Morgan fingerprint density at radius 1 is 1.25 bits per heavy atom. The van der Waals surface area contributed by atoms with E-state index in [0.717, 1.165) is 37.3 Å². The summed E-state index contributed by atoms with van der Waals surface area (Å²) in [4.78, 5) is 4.34. The Bertz CT molecular complexity index is 521. The largest absolute Gasteiger partial charge is 0.310 e. The summed E-state index contributed by atoms with van der Waals surface area (Å²) in [5, 5.41) is 7.67. The molecule has 0 amide bonds. The number of benzene rings is 1. The molecule has 5 heteroatoms. The summed E-state index contributed by atoms with van der Waals surface area (Å²) in [7, 11) is 0. The lowest BCUT2D eigenvalue weighted by molar-refractivity contribution is 0.498. The van der Waals surface area contributed by atoms with E-state index in [1.807, 2.05) is 16.8 Å². The standard InChI is InChI=1S/C15H21FN4/c1-3-9-20-15(18-11-19-20)10-14(17-4-2)12-5-7-13(16)8-6-12/h5-8,11,14,17H,3-4,9-10H2,1-2H3. The summed E-state index contributed by atoms with van der Waals surface area (Å²) in [6, 6.07) is 6.76. The van der Waals surface area contributed by atoms with Gasteiger partial charge in [-0.15, -0.1) is 0 Å². The predicted molar refractivity (Wildman–Crippen MR) is 76.8 cm³/mol. The first kappa shape index (κ1) is 14.7. The zero-order valence-corrected chi connectivity index (χ0v) is 12.0. The Kier molecular flexibility index (Phi) is 5.24. The lowest BCUT2D eigenvalue weighted by Gasteiger charge is -2.18. The van der Waals surface area contributed by atoms with Crippen LogP contribution in [0.25, 0.3) is 0 Å². The summed E-state index contributed by atoms with van der Waals surface area (Å²) in [6.45, 7) is 5.90. The van der Waals surface area contributed by atoms with Crippen LogP contribution in [-0.2, 0) is 13.0 Å². The lowest BCUT2D eigenvalue weighted by Crippen LogP contribution is -2.24. The molecule has 2 aromatic rings. The monoisotopic (exact) mass is 276 g/mol. The summed E-state index contributed by atoms with van der Waals surface area (Å²) < 4.78 is 15.0.